The quantitative estimate of drug-likeness (QED) is 0.870. The van der Waals surface area contributed by atoms with Gasteiger partial charge in [0.25, 0.3) is 5.91 Å². The van der Waals surface area contributed by atoms with Crippen LogP contribution in [-0.2, 0) is 13.5 Å². The molecule has 0 aromatic carbocycles. The van der Waals surface area contributed by atoms with Crippen molar-refractivity contribution in [2.24, 2.45) is 7.05 Å². The number of amides is 1. The first-order valence-corrected chi connectivity index (χ1v) is 8.33. The number of rotatable bonds is 4. The Bertz CT molecular complexity index is 689. The van der Waals surface area contributed by atoms with E-state index >= 15 is 0 Å². The second kappa shape index (κ2) is 6.56. The summed E-state index contributed by atoms with van der Waals surface area (Å²) >= 11 is 0. The summed E-state index contributed by atoms with van der Waals surface area (Å²) in [7, 11) is 2.02. The maximum Gasteiger partial charge on any atom is 0.276 e. The van der Waals surface area contributed by atoms with Gasteiger partial charge in [0.2, 0.25) is 0 Å². The minimum atomic E-state index is -0.0354. The molecule has 1 aliphatic heterocycles. The number of hydrogen-bond acceptors (Lipinski definition) is 4. The number of nitrogens with zero attached hydrogens (tertiary/aromatic N) is 4. The van der Waals surface area contributed by atoms with E-state index in [1.165, 1.54) is 0 Å². The van der Waals surface area contributed by atoms with Crippen LogP contribution >= 0.6 is 0 Å². The monoisotopic (exact) mass is 316 g/mol. The van der Waals surface area contributed by atoms with Crippen LogP contribution in [0, 0.1) is 6.92 Å². The molecule has 2 aromatic heterocycles. The van der Waals surface area contributed by atoms with Gasteiger partial charge in [-0.2, -0.15) is 0 Å². The van der Waals surface area contributed by atoms with Crippen molar-refractivity contribution in [2.45, 2.75) is 45.4 Å². The topological polar surface area (TPSA) is 64.2 Å². The third-order valence-corrected chi connectivity index (χ3v) is 4.38. The number of carbonyl (C=O) groups excluding carboxylic acids is 1. The van der Waals surface area contributed by atoms with E-state index in [0.717, 1.165) is 49.5 Å². The van der Waals surface area contributed by atoms with E-state index in [4.69, 9.17) is 4.52 Å². The van der Waals surface area contributed by atoms with E-state index in [1.54, 1.807) is 6.07 Å². The average molecular weight is 316 g/mol. The minimum Gasteiger partial charge on any atom is -0.361 e. The molecule has 1 saturated heterocycles. The second-order valence-corrected chi connectivity index (χ2v) is 6.37. The number of likely N-dealkylation sites (tertiary alicyclic amines) is 1. The molecule has 23 heavy (non-hydrogen) atoms. The fraction of sp³-hybridized carbons (Fsp3) is 0.588. The first-order valence-electron chi connectivity index (χ1n) is 8.33. The van der Waals surface area contributed by atoms with E-state index in [2.05, 4.69) is 21.6 Å². The highest BCUT2D eigenvalue weighted by Crippen LogP contribution is 2.27. The average Bonchev–Trinajstić information content (AvgIpc) is 3.13. The Morgan fingerprint density at radius 2 is 2.30 bits per heavy atom. The number of piperidine rings is 1. The number of aromatic nitrogens is 3. The zero-order valence-corrected chi connectivity index (χ0v) is 14.1. The van der Waals surface area contributed by atoms with Gasteiger partial charge in [-0.15, -0.1) is 0 Å². The van der Waals surface area contributed by atoms with Crippen LogP contribution in [0.1, 0.15) is 59.9 Å². The third kappa shape index (κ3) is 3.30. The van der Waals surface area contributed by atoms with Crippen molar-refractivity contribution >= 4 is 5.91 Å². The highest BCUT2D eigenvalue weighted by Gasteiger charge is 2.29. The minimum absolute atomic E-state index is 0.0354. The fourth-order valence-electron chi connectivity index (χ4n) is 3.33. The lowest BCUT2D eigenvalue weighted by atomic mass is 9.97. The molecule has 1 atom stereocenters. The van der Waals surface area contributed by atoms with Crippen LogP contribution < -0.4 is 0 Å². The van der Waals surface area contributed by atoms with Gasteiger partial charge in [0.15, 0.2) is 5.69 Å². The van der Waals surface area contributed by atoms with Crippen LogP contribution in [0.5, 0.6) is 0 Å². The molecule has 3 rings (SSSR count). The van der Waals surface area contributed by atoms with Crippen molar-refractivity contribution in [1.82, 2.24) is 19.6 Å². The first kappa shape index (κ1) is 15.8. The fourth-order valence-corrected chi connectivity index (χ4v) is 3.33. The molecule has 6 heteroatoms. The molecule has 124 valence electrons. The molecular weight excluding hydrogens is 292 g/mol. The van der Waals surface area contributed by atoms with Crippen molar-refractivity contribution in [3.63, 3.8) is 0 Å². The smallest absolute Gasteiger partial charge is 0.276 e. The third-order valence-electron chi connectivity index (χ3n) is 4.38. The predicted molar refractivity (Wildman–Crippen MR) is 86.3 cm³/mol. The SMILES string of the molecule is CCCc1cc(C(=O)N2CCC[C@@H](c3nc(C)cn3C)C2)no1. The predicted octanol–water partition coefficient (Wildman–Crippen LogP) is 2.69. The Balaban J connectivity index is 1.72. The Kier molecular flexibility index (Phi) is 4.50. The van der Waals surface area contributed by atoms with Gasteiger partial charge in [0, 0.05) is 44.7 Å². The Labute approximate surface area is 136 Å². The van der Waals surface area contributed by atoms with E-state index < -0.39 is 0 Å². The summed E-state index contributed by atoms with van der Waals surface area (Å²) in [6, 6.07) is 1.78. The second-order valence-electron chi connectivity index (χ2n) is 6.37. The summed E-state index contributed by atoms with van der Waals surface area (Å²) in [5, 5.41) is 3.94. The van der Waals surface area contributed by atoms with Crippen LogP contribution in [0.3, 0.4) is 0 Å². The number of carbonyl (C=O) groups is 1. The van der Waals surface area contributed by atoms with E-state index in [9.17, 15) is 4.79 Å². The number of imidazole rings is 1. The number of hydrogen-bond donors (Lipinski definition) is 0. The van der Waals surface area contributed by atoms with Crippen LogP contribution in [0.15, 0.2) is 16.8 Å². The normalized spacial score (nSPS) is 18.4. The van der Waals surface area contributed by atoms with Gasteiger partial charge in [-0.3, -0.25) is 4.79 Å². The molecule has 0 N–H and O–H groups in total. The van der Waals surface area contributed by atoms with Gasteiger partial charge >= 0.3 is 0 Å². The van der Waals surface area contributed by atoms with Crippen molar-refractivity contribution < 1.29 is 9.32 Å². The van der Waals surface area contributed by atoms with Crippen molar-refractivity contribution in [3.05, 3.63) is 35.2 Å². The molecule has 1 fully saturated rings. The van der Waals surface area contributed by atoms with Crippen molar-refractivity contribution in [3.8, 4) is 0 Å². The van der Waals surface area contributed by atoms with Crippen molar-refractivity contribution in [1.29, 1.82) is 0 Å². The molecule has 1 aliphatic rings. The molecule has 1 amide bonds. The van der Waals surface area contributed by atoms with Crippen molar-refractivity contribution in [2.75, 3.05) is 13.1 Å². The summed E-state index contributed by atoms with van der Waals surface area (Å²) in [5.74, 6) is 2.09. The molecule has 0 spiro atoms. The van der Waals surface area contributed by atoms with E-state index in [-0.39, 0.29) is 11.8 Å². The van der Waals surface area contributed by atoms with E-state index in [1.807, 2.05) is 25.1 Å². The molecule has 3 heterocycles. The van der Waals surface area contributed by atoms with Crippen LogP contribution in [0.4, 0.5) is 0 Å². The van der Waals surface area contributed by atoms with Crippen LogP contribution in [0.25, 0.3) is 0 Å². The summed E-state index contributed by atoms with van der Waals surface area (Å²) in [6.45, 7) is 5.54. The Morgan fingerprint density at radius 3 is 3.00 bits per heavy atom. The van der Waals surface area contributed by atoms with Gasteiger partial charge in [0.1, 0.15) is 11.6 Å². The lowest BCUT2D eigenvalue weighted by molar-refractivity contribution is 0.0693. The summed E-state index contributed by atoms with van der Waals surface area (Å²) in [5.41, 5.74) is 1.44. The first-order chi connectivity index (χ1) is 11.1. The van der Waals surface area contributed by atoms with Gasteiger partial charge in [-0.05, 0) is 26.2 Å². The lowest BCUT2D eigenvalue weighted by Crippen LogP contribution is -2.39. The summed E-state index contributed by atoms with van der Waals surface area (Å²) < 4.78 is 7.31. The van der Waals surface area contributed by atoms with E-state index in [0.29, 0.717) is 12.2 Å². The van der Waals surface area contributed by atoms with Crippen LogP contribution in [0.2, 0.25) is 0 Å². The molecule has 0 unspecified atom stereocenters. The molecule has 0 aliphatic carbocycles. The molecule has 6 nitrogen and oxygen atoms in total. The lowest BCUT2D eigenvalue weighted by Gasteiger charge is -2.31. The highest BCUT2D eigenvalue weighted by atomic mass is 16.5. The zero-order valence-electron chi connectivity index (χ0n) is 14.1. The molecule has 2 aromatic rings. The van der Waals surface area contributed by atoms with Gasteiger partial charge < -0.3 is 14.0 Å². The maximum atomic E-state index is 12.7. The molecule has 0 radical (unpaired) electrons. The summed E-state index contributed by atoms with van der Waals surface area (Å²) in [4.78, 5) is 19.2. The highest BCUT2D eigenvalue weighted by molar-refractivity contribution is 5.92. The molecular formula is C17H24N4O2. The molecule has 0 bridgehead atoms. The number of aryl methyl sites for hydroxylation is 3. The van der Waals surface area contributed by atoms with Crippen LogP contribution in [-0.4, -0.2) is 38.6 Å². The Morgan fingerprint density at radius 1 is 1.48 bits per heavy atom. The summed E-state index contributed by atoms with van der Waals surface area (Å²) in [6.07, 6.45) is 5.88. The Hall–Kier alpha value is -2.11. The van der Waals surface area contributed by atoms with Gasteiger partial charge in [-0.25, -0.2) is 4.98 Å². The largest absolute Gasteiger partial charge is 0.361 e. The standard InChI is InChI=1S/C17H24N4O2/c1-4-6-14-9-15(19-23-14)17(22)21-8-5-7-13(11-21)16-18-12(2)10-20(16)3/h9-10,13H,4-8,11H2,1-3H3/t13-/m1/s1. The maximum absolute atomic E-state index is 12.7. The zero-order chi connectivity index (χ0) is 16.4. The molecule has 0 saturated carbocycles. The van der Waals surface area contributed by atoms with Gasteiger partial charge in [0.05, 0.1) is 5.69 Å². The van der Waals surface area contributed by atoms with Gasteiger partial charge in [-0.1, -0.05) is 12.1 Å².